The van der Waals surface area contributed by atoms with Gasteiger partial charge in [-0.05, 0) is 23.8 Å². The number of rotatable bonds is 7. The zero-order valence-corrected chi connectivity index (χ0v) is 16.1. The number of aliphatic hydroxyl groups is 1. The highest BCUT2D eigenvalue weighted by molar-refractivity contribution is 6.16. The molecule has 4 aromatic rings. The first-order valence-electron chi connectivity index (χ1n) is 9.47. The maximum Gasteiger partial charge on any atom is 0.226 e. The summed E-state index contributed by atoms with van der Waals surface area (Å²) in [5, 5.41) is 10.1. The molecule has 0 aliphatic heterocycles. The Morgan fingerprint density at radius 1 is 1.00 bits per heavy atom. The fourth-order valence-electron chi connectivity index (χ4n) is 3.22. The van der Waals surface area contributed by atoms with Crippen LogP contribution in [-0.2, 0) is 0 Å². The molecular weight excluding hydrogens is 378 g/mol. The highest BCUT2D eigenvalue weighted by Gasteiger charge is 2.22. The Hall–Kier alpha value is -3.90. The summed E-state index contributed by atoms with van der Waals surface area (Å²) in [6.45, 7) is -0.143. The molecule has 0 amide bonds. The summed E-state index contributed by atoms with van der Waals surface area (Å²) in [4.78, 5) is 25.8. The average Bonchev–Trinajstić information content (AvgIpc) is 2.81. The van der Waals surface area contributed by atoms with E-state index in [2.05, 4.69) is 15.0 Å². The maximum absolute atomic E-state index is 13.3. The normalized spacial score (nSPS) is 11.1. The van der Waals surface area contributed by atoms with Crippen molar-refractivity contribution in [3.63, 3.8) is 0 Å². The van der Waals surface area contributed by atoms with Crippen LogP contribution in [0.2, 0.25) is 0 Å². The Kier molecular flexibility index (Phi) is 5.87. The molecule has 0 bridgehead atoms. The lowest BCUT2D eigenvalue weighted by atomic mass is 9.93. The number of nitrogens with zero attached hydrogens (tertiary/aromatic N) is 3. The fraction of sp³-hybridized carbons (Fsp3) is 0.0833. The first kappa shape index (κ1) is 19.4. The van der Waals surface area contributed by atoms with Gasteiger partial charge in [0, 0.05) is 28.9 Å². The third-order valence-corrected chi connectivity index (χ3v) is 4.51. The van der Waals surface area contributed by atoms with Crippen molar-refractivity contribution in [1.82, 2.24) is 15.0 Å². The highest BCUT2D eigenvalue weighted by atomic mass is 16.5. The minimum absolute atomic E-state index is 0.0378. The number of carbonyl (C=O) groups excluding carboxylic acids is 1. The molecule has 0 saturated carbocycles. The summed E-state index contributed by atoms with van der Waals surface area (Å²) < 4.78 is 5.69. The number of carbonyl (C=O) groups is 1. The van der Waals surface area contributed by atoms with Crippen molar-refractivity contribution in [3.05, 3.63) is 90.5 Å². The van der Waals surface area contributed by atoms with Crippen molar-refractivity contribution in [2.24, 2.45) is 0 Å². The van der Waals surface area contributed by atoms with E-state index in [1.54, 1.807) is 18.5 Å². The topological polar surface area (TPSA) is 85.2 Å². The SMILES string of the molecule is O=C(/C=C/c1cncnc1)c1c(OCCO)nc2ccccc2c1-c1ccccc1. The van der Waals surface area contributed by atoms with Gasteiger partial charge in [-0.2, -0.15) is 0 Å². The predicted molar refractivity (Wildman–Crippen MR) is 115 cm³/mol. The number of aromatic nitrogens is 3. The third kappa shape index (κ3) is 4.09. The quantitative estimate of drug-likeness (QED) is 0.375. The smallest absolute Gasteiger partial charge is 0.226 e. The molecule has 0 fully saturated rings. The number of benzene rings is 2. The molecule has 1 N–H and O–H groups in total. The van der Waals surface area contributed by atoms with Crippen LogP contribution in [-0.4, -0.2) is 39.1 Å². The lowest BCUT2D eigenvalue weighted by molar-refractivity contribution is 0.104. The number of allylic oxidation sites excluding steroid dienone is 1. The minimum atomic E-state index is -0.260. The van der Waals surface area contributed by atoms with Gasteiger partial charge in [0.05, 0.1) is 17.7 Å². The van der Waals surface area contributed by atoms with Crippen LogP contribution in [0.1, 0.15) is 15.9 Å². The van der Waals surface area contributed by atoms with E-state index in [9.17, 15) is 9.90 Å². The molecule has 0 atom stereocenters. The number of pyridine rings is 1. The van der Waals surface area contributed by atoms with E-state index in [1.165, 1.54) is 12.4 Å². The number of aliphatic hydroxyl groups excluding tert-OH is 1. The van der Waals surface area contributed by atoms with Crippen molar-refractivity contribution in [2.75, 3.05) is 13.2 Å². The number of hydrogen-bond acceptors (Lipinski definition) is 6. The summed E-state index contributed by atoms with van der Waals surface area (Å²) in [5.74, 6) is -0.0653. The Labute approximate surface area is 173 Å². The summed E-state index contributed by atoms with van der Waals surface area (Å²) in [6, 6.07) is 17.3. The number of para-hydroxylation sites is 1. The van der Waals surface area contributed by atoms with Crippen molar-refractivity contribution < 1.29 is 14.6 Å². The van der Waals surface area contributed by atoms with Gasteiger partial charge in [0.2, 0.25) is 5.88 Å². The van der Waals surface area contributed by atoms with Crippen molar-refractivity contribution >= 4 is 22.8 Å². The Morgan fingerprint density at radius 3 is 2.50 bits per heavy atom. The molecule has 4 rings (SSSR count). The van der Waals surface area contributed by atoms with Crippen LogP contribution in [0.3, 0.4) is 0 Å². The zero-order valence-electron chi connectivity index (χ0n) is 16.1. The number of hydrogen-bond donors (Lipinski definition) is 1. The molecule has 148 valence electrons. The van der Waals surface area contributed by atoms with Gasteiger partial charge in [-0.3, -0.25) is 4.79 Å². The van der Waals surface area contributed by atoms with Gasteiger partial charge >= 0.3 is 0 Å². The lowest BCUT2D eigenvalue weighted by Crippen LogP contribution is -2.10. The van der Waals surface area contributed by atoms with Gasteiger partial charge in [0.25, 0.3) is 0 Å². The van der Waals surface area contributed by atoms with Crippen LogP contribution in [0.4, 0.5) is 0 Å². The molecule has 2 aromatic carbocycles. The molecular formula is C24H19N3O3. The van der Waals surface area contributed by atoms with E-state index >= 15 is 0 Å². The van der Waals surface area contributed by atoms with E-state index in [1.807, 2.05) is 54.6 Å². The standard InChI is InChI=1S/C24H19N3O3/c28-12-13-30-24-23(21(29)11-10-17-14-25-16-26-15-17)22(18-6-2-1-3-7-18)19-8-4-5-9-20(19)27-24/h1-11,14-16,28H,12-13H2/b11-10+. The third-order valence-electron chi connectivity index (χ3n) is 4.51. The van der Waals surface area contributed by atoms with Gasteiger partial charge in [0.1, 0.15) is 12.9 Å². The molecule has 0 aliphatic rings. The molecule has 0 spiro atoms. The van der Waals surface area contributed by atoms with Gasteiger partial charge in [-0.25, -0.2) is 15.0 Å². The first-order valence-corrected chi connectivity index (χ1v) is 9.47. The summed E-state index contributed by atoms with van der Waals surface area (Å²) >= 11 is 0. The molecule has 30 heavy (non-hydrogen) atoms. The molecule has 2 aromatic heterocycles. The second kappa shape index (κ2) is 9.07. The number of ether oxygens (including phenoxy) is 1. The van der Waals surface area contributed by atoms with E-state index in [0.29, 0.717) is 16.6 Å². The molecule has 6 nitrogen and oxygen atoms in total. The van der Waals surface area contributed by atoms with Gasteiger partial charge in [-0.15, -0.1) is 0 Å². The van der Waals surface area contributed by atoms with E-state index in [4.69, 9.17) is 4.74 Å². The van der Waals surface area contributed by atoms with Crippen LogP contribution in [0.15, 0.2) is 79.4 Å². The van der Waals surface area contributed by atoms with Crippen LogP contribution in [0.25, 0.3) is 28.1 Å². The minimum Gasteiger partial charge on any atom is -0.475 e. The monoisotopic (exact) mass is 397 g/mol. The summed E-state index contributed by atoms with van der Waals surface area (Å²) in [6.07, 6.45) is 7.79. The number of ketones is 1. The Balaban J connectivity index is 1.93. The van der Waals surface area contributed by atoms with E-state index < -0.39 is 0 Å². The lowest BCUT2D eigenvalue weighted by Gasteiger charge is -2.16. The van der Waals surface area contributed by atoms with Crippen molar-refractivity contribution in [3.8, 4) is 17.0 Å². The van der Waals surface area contributed by atoms with Crippen LogP contribution >= 0.6 is 0 Å². The van der Waals surface area contributed by atoms with Gasteiger partial charge < -0.3 is 9.84 Å². The zero-order chi connectivity index (χ0) is 20.8. The molecule has 2 heterocycles. The van der Waals surface area contributed by atoms with Crippen molar-refractivity contribution in [1.29, 1.82) is 0 Å². The first-order chi connectivity index (χ1) is 14.8. The molecule has 0 unspecified atom stereocenters. The fourth-order valence-corrected chi connectivity index (χ4v) is 3.22. The Bertz CT molecular complexity index is 1190. The predicted octanol–water partition coefficient (Wildman–Crippen LogP) is 3.96. The second-order valence-corrected chi connectivity index (χ2v) is 6.49. The summed E-state index contributed by atoms with van der Waals surface area (Å²) in [7, 11) is 0. The van der Waals surface area contributed by atoms with Gasteiger partial charge in [0.15, 0.2) is 5.78 Å². The largest absolute Gasteiger partial charge is 0.475 e. The van der Waals surface area contributed by atoms with E-state index in [-0.39, 0.29) is 24.9 Å². The van der Waals surface area contributed by atoms with Crippen LogP contribution < -0.4 is 4.74 Å². The second-order valence-electron chi connectivity index (χ2n) is 6.49. The molecule has 0 radical (unpaired) electrons. The maximum atomic E-state index is 13.3. The summed E-state index contributed by atoms with van der Waals surface area (Å²) in [5.41, 5.74) is 3.39. The molecule has 0 saturated heterocycles. The van der Waals surface area contributed by atoms with Gasteiger partial charge in [-0.1, -0.05) is 48.5 Å². The highest BCUT2D eigenvalue weighted by Crippen LogP contribution is 2.36. The van der Waals surface area contributed by atoms with Crippen molar-refractivity contribution in [2.45, 2.75) is 0 Å². The average molecular weight is 397 g/mol. The van der Waals surface area contributed by atoms with Crippen LogP contribution in [0, 0.1) is 0 Å². The number of fused-ring (bicyclic) bond motifs is 1. The van der Waals surface area contributed by atoms with E-state index in [0.717, 1.165) is 16.5 Å². The van der Waals surface area contributed by atoms with Crippen LogP contribution in [0.5, 0.6) is 5.88 Å². The molecule has 6 heteroatoms. The molecule has 0 aliphatic carbocycles. The Morgan fingerprint density at radius 2 is 1.73 bits per heavy atom.